The van der Waals surface area contributed by atoms with Crippen molar-refractivity contribution in [3.05, 3.63) is 103 Å². The first-order valence-corrected chi connectivity index (χ1v) is 15.7. The zero-order valence-electron chi connectivity index (χ0n) is 24.0. The van der Waals surface area contributed by atoms with Crippen LogP contribution in [0, 0.1) is 45.0 Å². The molecule has 0 aromatic heterocycles. The van der Waals surface area contributed by atoms with Crippen LogP contribution in [0.4, 0.5) is 21.5 Å². The van der Waals surface area contributed by atoms with Crippen molar-refractivity contribution in [2.24, 2.45) is 29.1 Å². The molecule has 2 aliphatic carbocycles. The Balaban J connectivity index is 1.36. The largest absolute Gasteiger partial charge is 0.508 e. The fourth-order valence-electron chi connectivity index (χ4n) is 7.96. The lowest BCUT2D eigenvalue weighted by Crippen LogP contribution is -2.48. The van der Waals surface area contributed by atoms with Gasteiger partial charge in [-0.1, -0.05) is 39.2 Å². The lowest BCUT2D eigenvalue weighted by molar-refractivity contribution is -0.384. The van der Waals surface area contributed by atoms with Crippen LogP contribution in [0.2, 0.25) is 5.02 Å². The Morgan fingerprint density at radius 3 is 2.33 bits per heavy atom. The Hall–Kier alpha value is -4.42. The molecule has 10 nitrogen and oxygen atoms in total. The fraction of sp³-hybridized carbons (Fsp3) is 0.273. The number of nitro groups is 1. The molecule has 3 fully saturated rings. The molecular weight excluding hydrogens is 685 g/mol. The van der Waals surface area contributed by atoms with Crippen molar-refractivity contribution < 1.29 is 33.6 Å². The van der Waals surface area contributed by atoms with Crippen LogP contribution in [0.25, 0.3) is 0 Å². The Morgan fingerprint density at radius 1 is 0.957 bits per heavy atom. The highest BCUT2D eigenvalue weighted by Gasteiger charge is 2.68. The maximum atomic E-state index is 14.5. The van der Waals surface area contributed by atoms with Gasteiger partial charge in [-0.3, -0.25) is 34.2 Å². The average Bonchev–Trinajstić information content (AvgIpc) is 3.39. The van der Waals surface area contributed by atoms with Crippen LogP contribution >= 0.6 is 27.5 Å². The van der Waals surface area contributed by atoms with E-state index >= 15 is 0 Å². The van der Waals surface area contributed by atoms with Crippen molar-refractivity contribution in [3.8, 4) is 5.75 Å². The Bertz CT molecular complexity index is 1930. The summed E-state index contributed by atoms with van der Waals surface area (Å²) in [5.74, 6) is -6.99. The molecule has 6 atom stereocenters. The first-order chi connectivity index (χ1) is 21.8. The normalized spacial score (nSPS) is 28.6. The minimum absolute atomic E-state index is 0.0673. The van der Waals surface area contributed by atoms with E-state index in [1.54, 1.807) is 19.1 Å². The van der Waals surface area contributed by atoms with E-state index in [0.29, 0.717) is 15.6 Å². The lowest BCUT2D eigenvalue weighted by Gasteiger charge is -2.49. The molecule has 2 aliphatic heterocycles. The number of hydrogen-bond acceptors (Lipinski definition) is 7. The number of hydrogen-bond donors (Lipinski definition) is 1. The molecule has 234 valence electrons. The predicted octanol–water partition coefficient (Wildman–Crippen LogP) is 6.29. The summed E-state index contributed by atoms with van der Waals surface area (Å²) in [6.07, 6.45) is 2.09. The Labute approximate surface area is 274 Å². The first-order valence-electron chi connectivity index (χ1n) is 14.5. The molecule has 0 unspecified atom stereocenters. The van der Waals surface area contributed by atoms with E-state index in [2.05, 4.69) is 15.9 Å². The number of nitro benzene ring substituents is 1. The highest BCUT2D eigenvalue weighted by molar-refractivity contribution is 9.10. The van der Waals surface area contributed by atoms with Crippen LogP contribution in [0.1, 0.15) is 31.2 Å². The van der Waals surface area contributed by atoms with Crippen molar-refractivity contribution >= 4 is 68.2 Å². The smallest absolute Gasteiger partial charge is 0.269 e. The van der Waals surface area contributed by atoms with E-state index < -0.39 is 69.4 Å². The van der Waals surface area contributed by atoms with E-state index in [0.717, 1.165) is 15.9 Å². The second kappa shape index (κ2) is 10.6. The molecule has 4 aliphatic rings. The van der Waals surface area contributed by atoms with E-state index in [4.69, 9.17) is 11.6 Å². The van der Waals surface area contributed by atoms with Gasteiger partial charge in [0.2, 0.25) is 23.6 Å². The number of imide groups is 2. The quantitative estimate of drug-likeness (QED) is 0.146. The summed E-state index contributed by atoms with van der Waals surface area (Å²) in [4.78, 5) is 69.2. The molecule has 2 saturated heterocycles. The van der Waals surface area contributed by atoms with Gasteiger partial charge in [-0.15, -0.1) is 0 Å². The van der Waals surface area contributed by atoms with E-state index in [9.17, 15) is 38.8 Å². The van der Waals surface area contributed by atoms with Gasteiger partial charge >= 0.3 is 0 Å². The topological polar surface area (TPSA) is 138 Å². The third-order valence-electron chi connectivity index (χ3n) is 10.1. The average molecular weight is 709 g/mol. The fourth-order valence-corrected chi connectivity index (χ4v) is 8.52. The molecule has 0 spiro atoms. The molecule has 4 amide bonds. The number of allylic oxidation sites excluding steroid dienone is 2. The van der Waals surface area contributed by atoms with Gasteiger partial charge in [-0.2, -0.15) is 0 Å². The van der Waals surface area contributed by atoms with Gasteiger partial charge < -0.3 is 5.11 Å². The summed E-state index contributed by atoms with van der Waals surface area (Å²) in [6.45, 7) is 1.67. The van der Waals surface area contributed by atoms with Crippen LogP contribution in [0.15, 0.2) is 76.8 Å². The number of fused-ring (bicyclic) bond motifs is 4. The number of phenols is 1. The predicted molar refractivity (Wildman–Crippen MR) is 167 cm³/mol. The third-order valence-corrected chi connectivity index (χ3v) is 10.8. The molecule has 0 radical (unpaired) electrons. The van der Waals surface area contributed by atoms with Gasteiger partial charge in [-0.25, -0.2) is 9.29 Å². The zero-order chi connectivity index (χ0) is 32.8. The molecule has 3 aromatic rings. The van der Waals surface area contributed by atoms with Crippen molar-refractivity contribution in [1.82, 2.24) is 0 Å². The number of non-ortho nitro benzene ring substituents is 1. The van der Waals surface area contributed by atoms with Crippen molar-refractivity contribution in [3.63, 3.8) is 0 Å². The monoisotopic (exact) mass is 707 g/mol. The molecule has 13 heteroatoms. The number of phenolic OH excluding ortho intramolecular Hbond substituents is 1. The lowest BCUT2D eigenvalue weighted by atomic mass is 9.51. The minimum atomic E-state index is -1.42. The molecule has 2 heterocycles. The molecule has 3 aromatic carbocycles. The highest BCUT2D eigenvalue weighted by atomic mass is 79.9. The SMILES string of the molecule is C[C@@]12C(=O)N(c3ccc(F)c(Cl)c3)C(=O)[C@@H]1C[C@@H]1C(=CC[C@@H]3C(=O)N(c4ccc([N+](=O)[O-])cc4)C(=O)[C@@H]31)[C@@H]2c1cc(Br)ccc1O. The van der Waals surface area contributed by atoms with Crippen LogP contribution in [0.5, 0.6) is 5.75 Å². The summed E-state index contributed by atoms with van der Waals surface area (Å²) >= 11 is 9.49. The van der Waals surface area contributed by atoms with E-state index in [1.165, 1.54) is 42.5 Å². The Morgan fingerprint density at radius 2 is 1.65 bits per heavy atom. The Kier molecular flexibility index (Phi) is 6.94. The summed E-state index contributed by atoms with van der Waals surface area (Å²) in [7, 11) is 0. The highest BCUT2D eigenvalue weighted by Crippen LogP contribution is 2.64. The molecule has 1 N–H and O–H groups in total. The summed E-state index contributed by atoms with van der Waals surface area (Å²) in [5, 5.41) is 22.1. The van der Waals surface area contributed by atoms with Gasteiger partial charge in [0.1, 0.15) is 11.6 Å². The van der Waals surface area contributed by atoms with E-state index in [1.807, 2.05) is 6.08 Å². The number of nitrogens with zero attached hydrogens (tertiary/aromatic N) is 3. The zero-order valence-corrected chi connectivity index (χ0v) is 26.4. The van der Waals surface area contributed by atoms with Crippen molar-refractivity contribution in [1.29, 1.82) is 0 Å². The number of amides is 4. The number of carbonyl (C=O) groups is 4. The molecular formula is C33H24BrClFN3O7. The number of carbonyl (C=O) groups excluding carboxylic acids is 4. The van der Waals surface area contributed by atoms with Crippen LogP contribution in [0.3, 0.4) is 0 Å². The minimum Gasteiger partial charge on any atom is -0.508 e. The molecule has 7 rings (SSSR count). The maximum Gasteiger partial charge on any atom is 0.269 e. The summed E-state index contributed by atoms with van der Waals surface area (Å²) < 4.78 is 14.7. The van der Waals surface area contributed by atoms with Gasteiger partial charge in [0, 0.05) is 28.1 Å². The van der Waals surface area contributed by atoms with E-state index in [-0.39, 0.29) is 40.7 Å². The molecule has 0 bridgehead atoms. The number of aromatic hydroxyl groups is 1. The van der Waals surface area contributed by atoms with Gasteiger partial charge in [0.15, 0.2) is 0 Å². The maximum absolute atomic E-state index is 14.5. The van der Waals surface area contributed by atoms with Gasteiger partial charge in [0.05, 0.1) is 44.5 Å². The summed E-state index contributed by atoms with van der Waals surface area (Å²) in [5.41, 5.74) is -0.273. The van der Waals surface area contributed by atoms with Gasteiger partial charge in [0.25, 0.3) is 5.69 Å². The van der Waals surface area contributed by atoms with Crippen molar-refractivity contribution in [2.75, 3.05) is 9.80 Å². The molecule has 1 saturated carbocycles. The second-order valence-corrected chi connectivity index (χ2v) is 13.6. The third kappa shape index (κ3) is 4.19. The van der Waals surface area contributed by atoms with Crippen LogP contribution in [-0.2, 0) is 19.2 Å². The van der Waals surface area contributed by atoms with Crippen LogP contribution < -0.4 is 9.80 Å². The number of halogens is 3. The molecule has 46 heavy (non-hydrogen) atoms. The summed E-state index contributed by atoms with van der Waals surface area (Å²) in [6, 6.07) is 13.5. The number of anilines is 2. The second-order valence-electron chi connectivity index (χ2n) is 12.2. The van der Waals surface area contributed by atoms with Gasteiger partial charge in [-0.05, 0) is 74.2 Å². The number of rotatable bonds is 4. The van der Waals surface area contributed by atoms with Crippen molar-refractivity contribution in [2.45, 2.75) is 25.7 Å². The van der Waals surface area contributed by atoms with Crippen LogP contribution in [-0.4, -0.2) is 33.7 Å². The standard InChI is InChI=1S/C33H24BrClFN3O7/c1-33-23(30(42)38(32(33)44)18-7-10-25(36)24(35)13-18)14-21-19(28(33)22-12-15(34)2-11-26(22)40)8-9-20-27(21)31(43)37(29(20)41)16-3-5-17(6-4-16)39(45)46/h2-8,10-13,20-21,23,27-28,40H,9,14H2,1H3/t20-,21+,23-,27-,28+,33+/m0/s1. The number of benzene rings is 3. The first kappa shape index (κ1) is 30.2.